The number of nitro benzene ring substituents is 1. The van der Waals surface area contributed by atoms with Crippen LogP contribution in [-0.4, -0.2) is 16.6 Å². The number of amides is 1. The smallest absolute Gasteiger partial charge is 0.288 e. The molecule has 30 heavy (non-hydrogen) atoms. The second-order valence-corrected chi connectivity index (χ2v) is 8.20. The fraction of sp³-hybridized carbons (Fsp3) is 0.304. The van der Waals surface area contributed by atoms with Gasteiger partial charge in [-0.05, 0) is 41.5 Å². The molecule has 2 unspecified atom stereocenters. The molecule has 1 aliphatic carbocycles. The summed E-state index contributed by atoms with van der Waals surface area (Å²) in [6.07, 6.45) is 1.94. The van der Waals surface area contributed by atoms with Crippen molar-refractivity contribution in [3.63, 3.8) is 0 Å². The molecule has 0 saturated heterocycles. The highest BCUT2D eigenvalue weighted by Crippen LogP contribution is 2.43. The molecule has 0 spiro atoms. The maximum absolute atomic E-state index is 13.1. The molecule has 4 rings (SSSR count). The molecule has 0 radical (unpaired) electrons. The number of halogens is 1. The minimum absolute atomic E-state index is 0.000704. The van der Waals surface area contributed by atoms with E-state index in [1.54, 1.807) is 6.07 Å². The first-order chi connectivity index (χ1) is 14.4. The normalized spacial score (nSPS) is 21.3. The first-order valence-corrected chi connectivity index (χ1v) is 10.3. The summed E-state index contributed by atoms with van der Waals surface area (Å²) >= 11 is 5.93. The topological polar surface area (TPSA) is 89.3 Å². The number of nitro groups is 1. The number of hydrogen-bond donors (Lipinski definition) is 1. The lowest BCUT2D eigenvalue weighted by atomic mass is 9.73. The molecule has 1 amide bonds. The maximum Gasteiger partial charge on any atom is 0.288 e. The summed E-state index contributed by atoms with van der Waals surface area (Å²) in [7, 11) is 0. The number of hydrogen-bond acceptors (Lipinski definition) is 4. The van der Waals surface area contributed by atoms with E-state index in [9.17, 15) is 19.7 Å². The summed E-state index contributed by atoms with van der Waals surface area (Å²) in [6, 6.07) is 12.7. The van der Waals surface area contributed by atoms with Crippen molar-refractivity contribution in [1.29, 1.82) is 0 Å². The molecule has 1 aliphatic heterocycles. The van der Waals surface area contributed by atoms with E-state index in [0.717, 1.165) is 12.0 Å². The average molecular weight is 425 g/mol. The van der Waals surface area contributed by atoms with Crippen LogP contribution in [0.15, 0.2) is 53.7 Å². The molecule has 1 heterocycles. The van der Waals surface area contributed by atoms with Gasteiger partial charge in [0.05, 0.1) is 4.92 Å². The third-order valence-corrected chi connectivity index (χ3v) is 6.28. The van der Waals surface area contributed by atoms with Crippen LogP contribution in [0.1, 0.15) is 54.7 Å². The van der Waals surface area contributed by atoms with Gasteiger partial charge < -0.3 is 5.32 Å². The minimum Gasteiger partial charge on any atom is -0.329 e. The number of aryl methyl sites for hydroxylation is 1. The lowest BCUT2D eigenvalue weighted by Gasteiger charge is -2.34. The Balaban J connectivity index is 1.70. The molecule has 0 saturated carbocycles. The standard InChI is InChI=1S/C23H21ClN2O4/c1-2-13-3-5-14(6-4-13)16-9-19-23(21(27)11-16)17(12-22(28)25-19)15-7-8-18(24)20(10-15)26(29)30/h3-8,10,16-17H,2,9,11-12H2,1H3,(H,25,28). The Labute approximate surface area is 179 Å². The molecule has 2 aromatic rings. The lowest BCUT2D eigenvalue weighted by Crippen LogP contribution is -2.38. The van der Waals surface area contributed by atoms with E-state index in [1.807, 2.05) is 12.1 Å². The summed E-state index contributed by atoms with van der Waals surface area (Å²) in [5, 5.41) is 14.2. The van der Waals surface area contributed by atoms with Gasteiger partial charge in [0, 0.05) is 36.1 Å². The van der Waals surface area contributed by atoms with Gasteiger partial charge in [0.15, 0.2) is 5.78 Å². The quantitative estimate of drug-likeness (QED) is 0.563. The van der Waals surface area contributed by atoms with Crippen LogP contribution in [0.3, 0.4) is 0 Å². The molecule has 0 fully saturated rings. The van der Waals surface area contributed by atoms with Crippen LogP contribution >= 0.6 is 11.6 Å². The van der Waals surface area contributed by atoms with Gasteiger partial charge in [-0.3, -0.25) is 19.7 Å². The number of rotatable bonds is 4. The van der Waals surface area contributed by atoms with Crippen molar-refractivity contribution in [2.45, 2.75) is 44.4 Å². The van der Waals surface area contributed by atoms with Gasteiger partial charge in [-0.1, -0.05) is 48.9 Å². The van der Waals surface area contributed by atoms with Crippen molar-refractivity contribution < 1.29 is 14.5 Å². The van der Waals surface area contributed by atoms with Crippen LogP contribution in [0.4, 0.5) is 5.69 Å². The molecule has 2 aliphatic rings. The molecule has 7 heteroatoms. The van der Waals surface area contributed by atoms with Crippen LogP contribution in [0.2, 0.25) is 5.02 Å². The third-order valence-electron chi connectivity index (χ3n) is 5.96. The molecular formula is C23H21ClN2O4. The van der Waals surface area contributed by atoms with E-state index in [4.69, 9.17) is 11.6 Å². The molecule has 2 atom stereocenters. The Kier molecular flexibility index (Phi) is 5.43. The van der Waals surface area contributed by atoms with E-state index in [1.165, 1.54) is 17.7 Å². The van der Waals surface area contributed by atoms with Crippen LogP contribution in [0, 0.1) is 10.1 Å². The fourth-order valence-electron chi connectivity index (χ4n) is 4.39. The van der Waals surface area contributed by atoms with Gasteiger partial charge in [-0.25, -0.2) is 0 Å². The van der Waals surface area contributed by atoms with Crippen molar-refractivity contribution in [3.05, 3.63) is 85.6 Å². The Morgan fingerprint density at radius 1 is 1.07 bits per heavy atom. The number of benzene rings is 2. The molecule has 2 aromatic carbocycles. The Morgan fingerprint density at radius 2 is 1.77 bits per heavy atom. The zero-order valence-corrected chi connectivity index (χ0v) is 17.2. The first-order valence-electron chi connectivity index (χ1n) is 9.96. The summed E-state index contributed by atoms with van der Waals surface area (Å²) in [6.45, 7) is 2.09. The van der Waals surface area contributed by atoms with Crippen molar-refractivity contribution >= 4 is 29.0 Å². The number of carbonyl (C=O) groups excluding carboxylic acids is 2. The molecule has 0 aromatic heterocycles. The monoisotopic (exact) mass is 424 g/mol. The SMILES string of the molecule is CCc1ccc(C2CC(=O)C3=C(C2)NC(=O)CC3c2ccc(Cl)c([N+](=O)[O-])c2)cc1. The Morgan fingerprint density at radius 3 is 2.43 bits per heavy atom. The average Bonchev–Trinajstić information content (AvgIpc) is 2.73. The first kappa shape index (κ1) is 20.3. The highest BCUT2D eigenvalue weighted by atomic mass is 35.5. The number of carbonyl (C=O) groups is 2. The molecule has 1 N–H and O–H groups in total. The molecular weight excluding hydrogens is 404 g/mol. The minimum atomic E-state index is -0.553. The highest BCUT2D eigenvalue weighted by Gasteiger charge is 2.38. The van der Waals surface area contributed by atoms with Crippen LogP contribution in [-0.2, 0) is 16.0 Å². The summed E-state index contributed by atoms with van der Waals surface area (Å²) in [5.74, 6) is -0.712. The zero-order chi connectivity index (χ0) is 21.4. The summed E-state index contributed by atoms with van der Waals surface area (Å²) in [4.78, 5) is 36.3. The highest BCUT2D eigenvalue weighted by molar-refractivity contribution is 6.32. The Bertz CT molecular complexity index is 1080. The summed E-state index contributed by atoms with van der Waals surface area (Å²) < 4.78 is 0. The maximum atomic E-state index is 13.1. The van der Waals surface area contributed by atoms with Gasteiger partial charge in [0.1, 0.15) is 5.02 Å². The van der Waals surface area contributed by atoms with Crippen molar-refractivity contribution in [3.8, 4) is 0 Å². The van der Waals surface area contributed by atoms with E-state index in [-0.39, 0.29) is 34.7 Å². The second-order valence-electron chi connectivity index (χ2n) is 7.79. The second kappa shape index (κ2) is 8.03. The Hall–Kier alpha value is -2.99. The van der Waals surface area contributed by atoms with E-state index >= 15 is 0 Å². The lowest BCUT2D eigenvalue weighted by molar-refractivity contribution is -0.384. The van der Waals surface area contributed by atoms with Gasteiger partial charge >= 0.3 is 0 Å². The van der Waals surface area contributed by atoms with E-state index in [0.29, 0.717) is 29.7 Å². The predicted octanol–water partition coefficient (Wildman–Crippen LogP) is 4.81. The van der Waals surface area contributed by atoms with Crippen LogP contribution < -0.4 is 5.32 Å². The van der Waals surface area contributed by atoms with Crippen molar-refractivity contribution in [2.75, 3.05) is 0 Å². The molecule has 154 valence electrons. The molecule has 0 bridgehead atoms. The van der Waals surface area contributed by atoms with Crippen LogP contribution in [0.5, 0.6) is 0 Å². The van der Waals surface area contributed by atoms with E-state index in [2.05, 4.69) is 24.4 Å². The van der Waals surface area contributed by atoms with Crippen molar-refractivity contribution in [2.24, 2.45) is 0 Å². The zero-order valence-electron chi connectivity index (χ0n) is 16.5. The predicted molar refractivity (Wildman–Crippen MR) is 113 cm³/mol. The number of nitrogens with zero attached hydrogens (tertiary/aromatic N) is 1. The van der Waals surface area contributed by atoms with Gasteiger partial charge in [-0.15, -0.1) is 0 Å². The van der Waals surface area contributed by atoms with Crippen molar-refractivity contribution in [1.82, 2.24) is 5.32 Å². The number of nitrogens with one attached hydrogen (secondary N) is 1. The number of Topliss-reactive ketones (excluding diaryl/α,β-unsaturated/α-hetero) is 1. The fourth-order valence-corrected chi connectivity index (χ4v) is 4.58. The third kappa shape index (κ3) is 3.75. The largest absolute Gasteiger partial charge is 0.329 e. The molecule has 6 nitrogen and oxygen atoms in total. The van der Waals surface area contributed by atoms with Gasteiger partial charge in [-0.2, -0.15) is 0 Å². The van der Waals surface area contributed by atoms with Gasteiger partial charge in [0.25, 0.3) is 5.69 Å². The number of ketones is 1. The van der Waals surface area contributed by atoms with E-state index < -0.39 is 10.8 Å². The van der Waals surface area contributed by atoms with Crippen LogP contribution in [0.25, 0.3) is 0 Å². The number of allylic oxidation sites excluding steroid dienone is 2. The summed E-state index contributed by atoms with van der Waals surface area (Å²) in [5.41, 5.74) is 3.84. The van der Waals surface area contributed by atoms with Gasteiger partial charge in [0.2, 0.25) is 5.91 Å².